The molecule has 3 aromatic rings. The van der Waals surface area contributed by atoms with Gasteiger partial charge >= 0.3 is 0 Å². The molecular weight excluding hydrogens is 404 g/mol. The second-order valence-electron chi connectivity index (χ2n) is 6.48. The highest BCUT2D eigenvalue weighted by Gasteiger charge is 2.25. The Labute approximate surface area is 174 Å². The number of anilines is 1. The van der Waals surface area contributed by atoms with Crippen molar-refractivity contribution in [3.8, 4) is 28.7 Å². The molecule has 30 heavy (non-hydrogen) atoms. The molecule has 0 atom stereocenters. The van der Waals surface area contributed by atoms with E-state index in [1.54, 1.807) is 49.6 Å². The fraction of sp³-hybridized carbons (Fsp3) is 0.0476. The quantitative estimate of drug-likeness (QED) is 0.253. The van der Waals surface area contributed by atoms with Gasteiger partial charge in [0.25, 0.3) is 5.71 Å². The number of aromatic nitrogens is 3. The highest BCUT2D eigenvalue weighted by molar-refractivity contribution is 7.71. The van der Waals surface area contributed by atoms with Crippen LogP contribution in [0.15, 0.2) is 57.7 Å². The zero-order valence-electron chi connectivity index (χ0n) is 15.6. The normalized spacial score (nSPS) is 11.2. The van der Waals surface area contributed by atoms with E-state index in [2.05, 4.69) is 15.0 Å². The molecule has 1 aromatic heterocycles. The topological polar surface area (TPSA) is 116 Å². The molecule has 9 heteroatoms. The summed E-state index contributed by atoms with van der Waals surface area (Å²) < 4.78 is 17.2. The van der Waals surface area contributed by atoms with Gasteiger partial charge in [-0.1, -0.05) is 24.3 Å². The third kappa shape index (κ3) is 2.83. The summed E-state index contributed by atoms with van der Waals surface area (Å²) in [7, 11) is 1.57. The van der Waals surface area contributed by atoms with E-state index in [0.717, 1.165) is 0 Å². The number of fused-ring (bicyclic) bond motifs is 4. The smallest absolute Gasteiger partial charge is 0.252 e. The van der Waals surface area contributed by atoms with Gasteiger partial charge in [0.05, 0.1) is 7.11 Å². The Morgan fingerprint density at radius 3 is 2.47 bits per heavy atom. The van der Waals surface area contributed by atoms with Crippen LogP contribution >= 0.6 is 12.2 Å². The van der Waals surface area contributed by atoms with Gasteiger partial charge in [-0.3, -0.25) is 4.79 Å². The molecule has 0 fully saturated rings. The Morgan fingerprint density at radius 2 is 1.73 bits per heavy atom. The number of nitrogens with zero attached hydrogens (tertiary/aromatic N) is 2. The Balaban J connectivity index is 1.85. The number of nitrogen functional groups attached to an aromatic ring is 1. The highest BCUT2D eigenvalue weighted by Crippen LogP contribution is 2.38. The molecule has 148 valence electrons. The molecule has 1 aliphatic carbocycles. The van der Waals surface area contributed by atoms with Gasteiger partial charge in [0.2, 0.25) is 21.7 Å². The van der Waals surface area contributed by atoms with E-state index in [4.69, 9.17) is 31.8 Å². The number of rotatable bonds is 3. The van der Waals surface area contributed by atoms with E-state index in [0.29, 0.717) is 33.5 Å². The van der Waals surface area contributed by atoms with Crippen molar-refractivity contribution in [1.82, 2.24) is 15.0 Å². The van der Waals surface area contributed by atoms with E-state index in [1.165, 1.54) is 0 Å². The third-order valence-corrected chi connectivity index (χ3v) is 4.85. The molecule has 2 aromatic carbocycles. The molecule has 0 amide bonds. The van der Waals surface area contributed by atoms with Crippen molar-refractivity contribution in [1.29, 1.82) is 0 Å². The molecule has 0 radical (unpaired) electrons. The SMILES string of the molecule is COc1ccc(Oc2c3oc4nc(=S)[nH]c(N)c4nc-3c3ccccc3c2=O)cc1. The molecule has 0 unspecified atom stereocenters. The van der Waals surface area contributed by atoms with E-state index in [-0.39, 0.29) is 33.2 Å². The molecule has 0 spiro atoms. The third-order valence-electron chi connectivity index (χ3n) is 4.66. The van der Waals surface area contributed by atoms with Crippen LogP contribution in [0.5, 0.6) is 17.2 Å². The first kappa shape index (κ1) is 18.1. The van der Waals surface area contributed by atoms with E-state index in [1.807, 2.05) is 6.07 Å². The highest BCUT2D eigenvalue weighted by atomic mass is 32.1. The van der Waals surface area contributed by atoms with Crippen LogP contribution in [0.25, 0.3) is 33.5 Å². The molecule has 0 saturated carbocycles. The largest absolute Gasteiger partial charge is 0.497 e. The van der Waals surface area contributed by atoms with Crippen LogP contribution in [0.2, 0.25) is 0 Å². The Morgan fingerprint density at radius 1 is 1.03 bits per heavy atom. The van der Waals surface area contributed by atoms with Crippen LogP contribution in [0.1, 0.15) is 0 Å². The minimum absolute atomic E-state index is 0.00221. The minimum Gasteiger partial charge on any atom is -0.497 e. The van der Waals surface area contributed by atoms with Crippen molar-refractivity contribution in [2.75, 3.05) is 12.8 Å². The second kappa shape index (κ2) is 6.82. The number of ether oxygens (including phenoxy) is 2. The van der Waals surface area contributed by atoms with Gasteiger partial charge in [-0.2, -0.15) is 4.98 Å². The summed E-state index contributed by atoms with van der Waals surface area (Å²) in [5.74, 6) is 1.50. The van der Waals surface area contributed by atoms with Gasteiger partial charge in [-0.05, 0) is 36.5 Å². The van der Waals surface area contributed by atoms with Crippen LogP contribution in [0.4, 0.5) is 5.82 Å². The summed E-state index contributed by atoms with van der Waals surface area (Å²) in [6.45, 7) is 0. The standard InChI is InChI=1S/C21H14N4O4S/c1-27-10-6-8-11(9-7-10)28-18-16(26)13-5-3-2-4-12(13)14-17(18)29-20-15(23-14)19(22)24-21(30)25-20/h2-9H,1H3,(H3,22,24,25,30). The molecule has 5 rings (SSSR count). The lowest BCUT2D eigenvalue weighted by atomic mass is 10.0. The molecule has 2 aliphatic rings. The lowest BCUT2D eigenvalue weighted by molar-refractivity contribution is 0.412. The maximum absolute atomic E-state index is 13.2. The average Bonchev–Trinajstić information content (AvgIpc) is 2.76. The number of H-pyrrole nitrogens is 1. The number of benzene rings is 3. The summed E-state index contributed by atoms with van der Waals surface area (Å²) in [5, 5.41) is 1.07. The number of aromatic amines is 1. The van der Waals surface area contributed by atoms with Crippen molar-refractivity contribution in [2.45, 2.75) is 0 Å². The van der Waals surface area contributed by atoms with Crippen LogP contribution in [-0.2, 0) is 0 Å². The maximum Gasteiger partial charge on any atom is 0.252 e. The van der Waals surface area contributed by atoms with Crippen molar-refractivity contribution < 1.29 is 13.9 Å². The number of hydrogen-bond donors (Lipinski definition) is 2. The maximum atomic E-state index is 13.2. The van der Waals surface area contributed by atoms with Gasteiger partial charge in [0.1, 0.15) is 23.0 Å². The zero-order chi connectivity index (χ0) is 20.8. The lowest BCUT2D eigenvalue weighted by Crippen LogP contribution is -2.10. The van der Waals surface area contributed by atoms with Crippen molar-refractivity contribution >= 4 is 40.0 Å². The van der Waals surface area contributed by atoms with Gasteiger partial charge in [0.15, 0.2) is 5.52 Å². The molecule has 0 saturated heterocycles. The number of hydrogen-bond acceptors (Lipinski definition) is 8. The first-order valence-corrected chi connectivity index (χ1v) is 9.33. The van der Waals surface area contributed by atoms with E-state index >= 15 is 0 Å². The van der Waals surface area contributed by atoms with Gasteiger partial charge in [-0.25, -0.2) is 4.98 Å². The minimum atomic E-state index is -0.326. The number of nitrogens with two attached hydrogens (primary N) is 1. The van der Waals surface area contributed by atoms with Crippen molar-refractivity contribution in [3.63, 3.8) is 0 Å². The Bertz CT molecular complexity index is 1510. The second-order valence-corrected chi connectivity index (χ2v) is 6.87. The summed E-state index contributed by atoms with van der Waals surface area (Å²) >= 11 is 5.07. The number of methoxy groups -OCH3 is 1. The van der Waals surface area contributed by atoms with E-state index in [9.17, 15) is 4.79 Å². The zero-order valence-corrected chi connectivity index (χ0v) is 16.4. The first-order valence-electron chi connectivity index (χ1n) is 8.92. The van der Waals surface area contributed by atoms with Crippen LogP contribution in [0, 0.1) is 4.77 Å². The van der Waals surface area contributed by atoms with Gasteiger partial charge in [-0.15, -0.1) is 0 Å². The lowest BCUT2D eigenvalue weighted by Gasteiger charge is -2.14. The first-order chi connectivity index (χ1) is 14.5. The summed E-state index contributed by atoms with van der Waals surface area (Å²) in [6, 6.07) is 13.9. The fourth-order valence-corrected chi connectivity index (χ4v) is 3.45. The molecule has 3 N–H and O–H groups in total. The van der Waals surface area contributed by atoms with Crippen LogP contribution < -0.4 is 20.6 Å². The Hall–Kier alpha value is -3.98. The molecular formula is C21H14N4O4S. The van der Waals surface area contributed by atoms with Crippen LogP contribution in [0.3, 0.4) is 0 Å². The average molecular weight is 418 g/mol. The number of nitrogens with one attached hydrogen (secondary N) is 1. The van der Waals surface area contributed by atoms with E-state index < -0.39 is 0 Å². The van der Waals surface area contributed by atoms with Crippen molar-refractivity contribution in [3.05, 3.63) is 63.5 Å². The summed E-state index contributed by atoms with van der Waals surface area (Å²) in [4.78, 5) is 24.7. The van der Waals surface area contributed by atoms with Gasteiger partial charge in [0, 0.05) is 10.8 Å². The molecule has 0 bridgehead atoms. The summed E-state index contributed by atoms with van der Waals surface area (Å²) in [6.07, 6.45) is 0. The summed E-state index contributed by atoms with van der Waals surface area (Å²) in [5.41, 5.74) is 6.55. The monoisotopic (exact) mass is 418 g/mol. The van der Waals surface area contributed by atoms with Gasteiger partial charge < -0.3 is 24.6 Å². The van der Waals surface area contributed by atoms with Crippen molar-refractivity contribution in [2.24, 2.45) is 0 Å². The Kier molecular flexibility index (Phi) is 4.11. The predicted molar refractivity (Wildman–Crippen MR) is 115 cm³/mol. The molecule has 2 heterocycles. The fourth-order valence-electron chi connectivity index (χ4n) is 3.25. The predicted octanol–water partition coefficient (Wildman–Crippen LogP) is 4.28. The molecule has 8 nitrogen and oxygen atoms in total. The molecule has 1 aliphatic heterocycles. The van der Waals surface area contributed by atoms with Crippen LogP contribution in [-0.4, -0.2) is 22.1 Å².